The monoisotopic (exact) mass is 276 g/mol. The Labute approximate surface area is 118 Å². The van der Waals surface area contributed by atoms with Gasteiger partial charge in [-0.05, 0) is 37.3 Å². The molecule has 0 spiro atoms. The highest BCUT2D eigenvalue weighted by Crippen LogP contribution is 2.29. The molecule has 0 heterocycles. The maximum absolute atomic E-state index is 12.0. The van der Waals surface area contributed by atoms with Crippen molar-refractivity contribution in [3.05, 3.63) is 29.8 Å². The zero-order chi connectivity index (χ0) is 14.5. The van der Waals surface area contributed by atoms with Gasteiger partial charge in [-0.25, -0.2) is 0 Å². The summed E-state index contributed by atoms with van der Waals surface area (Å²) in [6.45, 7) is 2.65. The molecule has 1 aromatic carbocycles. The fourth-order valence-electron chi connectivity index (χ4n) is 2.15. The van der Waals surface area contributed by atoms with Gasteiger partial charge in [0.2, 0.25) is 5.91 Å². The maximum atomic E-state index is 12.0. The third-order valence-electron chi connectivity index (χ3n) is 3.36. The van der Waals surface area contributed by atoms with Crippen LogP contribution in [0, 0.1) is 12.8 Å². The standard InChI is InChI=1S/C15H20N2O3/c1-11-4-2-3-5-13(11)16-14(18)9-17(10-15(19)20)8-12-6-7-12/h2-5,12H,6-10H2,1H3,(H,16,18)(H,19,20). The van der Waals surface area contributed by atoms with Crippen LogP contribution in [0.5, 0.6) is 0 Å². The predicted molar refractivity (Wildman–Crippen MR) is 76.6 cm³/mol. The van der Waals surface area contributed by atoms with E-state index in [2.05, 4.69) is 5.32 Å². The fourth-order valence-corrected chi connectivity index (χ4v) is 2.15. The quantitative estimate of drug-likeness (QED) is 0.795. The Hall–Kier alpha value is -1.88. The molecular weight excluding hydrogens is 256 g/mol. The minimum Gasteiger partial charge on any atom is -0.480 e. The lowest BCUT2D eigenvalue weighted by Gasteiger charge is -2.19. The lowest BCUT2D eigenvalue weighted by molar-refractivity contribution is -0.138. The Morgan fingerprint density at radius 2 is 2.00 bits per heavy atom. The van der Waals surface area contributed by atoms with Crippen LogP contribution in [-0.2, 0) is 9.59 Å². The molecule has 0 atom stereocenters. The highest BCUT2D eigenvalue weighted by molar-refractivity contribution is 5.93. The molecule has 1 saturated carbocycles. The molecule has 1 fully saturated rings. The van der Waals surface area contributed by atoms with Gasteiger partial charge in [0.1, 0.15) is 0 Å². The van der Waals surface area contributed by atoms with Gasteiger partial charge in [0.05, 0.1) is 13.1 Å². The second-order valence-electron chi connectivity index (χ2n) is 5.37. The van der Waals surface area contributed by atoms with Crippen molar-refractivity contribution >= 4 is 17.6 Å². The number of nitrogens with zero attached hydrogens (tertiary/aromatic N) is 1. The van der Waals surface area contributed by atoms with Crippen molar-refractivity contribution in [2.75, 3.05) is 25.0 Å². The third-order valence-corrected chi connectivity index (χ3v) is 3.36. The third kappa shape index (κ3) is 4.66. The highest BCUT2D eigenvalue weighted by Gasteiger charge is 2.26. The van der Waals surface area contributed by atoms with Crippen molar-refractivity contribution in [1.29, 1.82) is 0 Å². The molecule has 0 unspecified atom stereocenters. The summed E-state index contributed by atoms with van der Waals surface area (Å²) in [5.74, 6) is -0.504. The van der Waals surface area contributed by atoms with E-state index in [-0.39, 0.29) is 19.0 Å². The van der Waals surface area contributed by atoms with E-state index in [1.807, 2.05) is 31.2 Å². The Morgan fingerprint density at radius 1 is 1.30 bits per heavy atom. The van der Waals surface area contributed by atoms with Gasteiger partial charge < -0.3 is 10.4 Å². The zero-order valence-corrected chi connectivity index (χ0v) is 11.6. The largest absolute Gasteiger partial charge is 0.480 e. The normalized spacial score (nSPS) is 14.3. The topological polar surface area (TPSA) is 69.6 Å². The number of aryl methyl sites for hydroxylation is 1. The molecule has 1 aliphatic carbocycles. The van der Waals surface area contributed by atoms with Gasteiger partial charge in [-0.3, -0.25) is 14.5 Å². The van der Waals surface area contributed by atoms with Crippen LogP contribution in [0.2, 0.25) is 0 Å². The van der Waals surface area contributed by atoms with E-state index in [1.54, 1.807) is 4.90 Å². The smallest absolute Gasteiger partial charge is 0.317 e. The average Bonchev–Trinajstić information content (AvgIpc) is 3.15. The van der Waals surface area contributed by atoms with Crippen LogP contribution in [0.25, 0.3) is 0 Å². The lowest BCUT2D eigenvalue weighted by Crippen LogP contribution is -2.38. The number of aliphatic carboxylic acids is 1. The first-order valence-corrected chi connectivity index (χ1v) is 6.84. The number of nitrogens with one attached hydrogen (secondary N) is 1. The predicted octanol–water partition coefficient (Wildman–Crippen LogP) is 1.73. The number of hydrogen-bond acceptors (Lipinski definition) is 3. The highest BCUT2D eigenvalue weighted by atomic mass is 16.4. The van der Waals surface area contributed by atoms with Gasteiger partial charge >= 0.3 is 5.97 Å². The number of rotatable bonds is 7. The molecule has 20 heavy (non-hydrogen) atoms. The van der Waals surface area contributed by atoms with Crippen molar-refractivity contribution in [2.45, 2.75) is 19.8 Å². The Bertz CT molecular complexity index is 498. The molecule has 1 aliphatic rings. The Kier molecular flexibility index (Phi) is 4.74. The van der Waals surface area contributed by atoms with Crippen molar-refractivity contribution in [3.8, 4) is 0 Å². The summed E-state index contributed by atoms with van der Waals surface area (Å²) in [5, 5.41) is 11.7. The summed E-state index contributed by atoms with van der Waals surface area (Å²) in [6.07, 6.45) is 2.27. The average molecular weight is 276 g/mol. The lowest BCUT2D eigenvalue weighted by atomic mass is 10.2. The van der Waals surface area contributed by atoms with Crippen LogP contribution in [0.3, 0.4) is 0 Å². The fraction of sp³-hybridized carbons (Fsp3) is 0.467. The van der Waals surface area contributed by atoms with E-state index in [0.717, 1.165) is 24.1 Å². The molecule has 2 rings (SSSR count). The molecule has 0 saturated heterocycles. The summed E-state index contributed by atoms with van der Waals surface area (Å²) < 4.78 is 0. The van der Waals surface area contributed by atoms with Crippen LogP contribution in [0.1, 0.15) is 18.4 Å². The van der Waals surface area contributed by atoms with Gasteiger partial charge in [0.15, 0.2) is 0 Å². The number of carbonyl (C=O) groups excluding carboxylic acids is 1. The minimum atomic E-state index is -0.894. The Morgan fingerprint density at radius 3 is 2.60 bits per heavy atom. The van der Waals surface area contributed by atoms with Gasteiger partial charge in [0.25, 0.3) is 0 Å². The Balaban J connectivity index is 1.90. The van der Waals surface area contributed by atoms with Crippen LogP contribution in [-0.4, -0.2) is 41.5 Å². The second kappa shape index (κ2) is 6.52. The molecule has 5 nitrogen and oxygen atoms in total. The number of carboxylic acids is 1. The number of benzene rings is 1. The van der Waals surface area contributed by atoms with Crippen LogP contribution < -0.4 is 5.32 Å². The zero-order valence-electron chi connectivity index (χ0n) is 11.6. The summed E-state index contributed by atoms with van der Waals surface area (Å²) in [7, 11) is 0. The summed E-state index contributed by atoms with van der Waals surface area (Å²) >= 11 is 0. The molecular formula is C15H20N2O3. The van der Waals surface area contributed by atoms with Crippen molar-refractivity contribution in [3.63, 3.8) is 0 Å². The summed E-state index contributed by atoms with van der Waals surface area (Å²) in [5.41, 5.74) is 1.77. The molecule has 2 N–H and O–H groups in total. The van der Waals surface area contributed by atoms with Crippen LogP contribution in [0.15, 0.2) is 24.3 Å². The van der Waals surface area contributed by atoms with Gasteiger partial charge in [-0.2, -0.15) is 0 Å². The van der Waals surface area contributed by atoms with Gasteiger partial charge in [-0.1, -0.05) is 18.2 Å². The molecule has 5 heteroatoms. The van der Waals surface area contributed by atoms with E-state index in [9.17, 15) is 9.59 Å². The van der Waals surface area contributed by atoms with E-state index >= 15 is 0 Å². The number of hydrogen-bond donors (Lipinski definition) is 2. The second-order valence-corrected chi connectivity index (χ2v) is 5.37. The molecule has 1 amide bonds. The molecule has 0 aliphatic heterocycles. The van der Waals surface area contributed by atoms with E-state index in [4.69, 9.17) is 5.11 Å². The molecule has 0 bridgehead atoms. The van der Waals surface area contributed by atoms with Crippen molar-refractivity contribution < 1.29 is 14.7 Å². The SMILES string of the molecule is Cc1ccccc1NC(=O)CN(CC(=O)O)CC1CC1. The van der Waals surface area contributed by atoms with Crippen molar-refractivity contribution in [1.82, 2.24) is 4.90 Å². The van der Waals surface area contributed by atoms with Gasteiger partial charge in [-0.15, -0.1) is 0 Å². The number of anilines is 1. The molecule has 0 radical (unpaired) electrons. The number of para-hydroxylation sites is 1. The summed E-state index contributed by atoms with van der Waals surface area (Å²) in [6, 6.07) is 7.54. The first-order valence-electron chi connectivity index (χ1n) is 6.84. The summed E-state index contributed by atoms with van der Waals surface area (Å²) in [4.78, 5) is 24.5. The van der Waals surface area contributed by atoms with Crippen molar-refractivity contribution in [2.24, 2.45) is 5.92 Å². The molecule has 1 aromatic rings. The number of amides is 1. The minimum absolute atomic E-state index is 0.0856. The van der Waals surface area contributed by atoms with E-state index < -0.39 is 5.97 Å². The van der Waals surface area contributed by atoms with E-state index in [1.165, 1.54) is 0 Å². The van der Waals surface area contributed by atoms with Gasteiger partial charge in [0, 0.05) is 12.2 Å². The first-order chi connectivity index (χ1) is 9.54. The molecule has 0 aromatic heterocycles. The first kappa shape index (κ1) is 14.5. The number of carboxylic acid groups (broad SMARTS) is 1. The number of carbonyl (C=O) groups is 2. The van der Waals surface area contributed by atoms with E-state index in [0.29, 0.717) is 12.5 Å². The molecule has 108 valence electrons. The van der Waals surface area contributed by atoms with Crippen LogP contribution in [0.4, 0.5) is 5.69 Å². The van der Waals surface area contributed by atoms with Crippen LogP contribution >= 0.6 is 0 Å². The maximum Gasteiger partial charge on any atom is 0.317 e.